The molecule has 2 aromatic heterocycles. The van der Waals surface area contributed by atoms with E-state index in [0.717, 1.165) is 43.2 Å². The molecule has 1 N–H and O–H groups in total. The number of fused-ring (bicyclic) bond motifs is 1. The van der Waals surface area contributed by atoms with Crippen LogP contribution >= 0.6 is 0 Å². The first-order valence-corrected chi connectivity index (χ1v) is 8.15. The lowest BCUT2D eigenvalue weighted by atomic mass is 10.1. The molecule has 0 unspecified atom stereocenters. The highest BCUT2D eigenvalue weighted by Gasteiger charge is 2.21. The second-order valence-corrected chi connectivity index (χ2v) is 6.01. The van der Waals surface area contributed by atoms with Gasteiger partial charge >= 0.3 is 0 Å². The van der Waals surface area contributed by atoms with Crippen LogP contribution in [0.4, 0.5) is 5.82 Å². The van der Waals surface area contributed by atoms with E-state index in [1.807, 2.05) is 41.0 Å². The van der Waals surface area contributed by atoms with Crippen LogP contribution in [0.2, 0.25) is 0 Å². The van der Waals surface area contributed by atoms with Crippen LogP contribution in [-0.4, -0.2) is 62.3 Å². The molecule has 1 aliphatic rings. The van der Waals surface area contributed by atoms with Crippen molar-refractivity contribution in [3.8, 4) is 0 Å². The van der Waals surface area contributed by atoms with Crippen LogP contribution in [-0.2, 0) is 0 Å². The van der Waals surface area contributed by atoms with Crippen LogP contribution in [0.3, 0.4) is 0 Å². The van der Waals surface area contributed by atoms with E-state index in [2.05, 4.69) is 24.9 Å². The van der Waals surface area contributed by atoms with Crippen molar-refractivity contribution in [3.63, 3.8) is 0 Å². The molecule has 24 heavy (non-hydrogen) atoms. The number of aliphatic hydroxyl groups is 1. The molecule has 1 fully saturated rings. The minimum atomic E-state index is -0.446. The normalized spacial score (nSPS) is 17.3. The topological polar surface area (TPSA) is 69.8 Å². The van der Waals surface area contributed by atoms with E-state index in [-0.39, 0.29) is 0 Å². The summed E-state index contributed by atoms with van der Waals surface area (Å²) < 4.78 is 1.82. The van der Waals surface area contributed by atoms with Gasteiger partial charge in [-0.15, -0.1) is 0 Å². The summed E-state index contributed by atoms with van der Waals surface area (Å²) in [6.07, 6.45) is 4.64. The molecule has 3 heterocycles. The summed E-state index contributed by atoms with van der Waals surface area (Å²) in [6.45, 7) is 4.21. The van der Waals surface area contributed by atoms with Gasteiger partial charge in [-0.2, -0.15) is 9.61 Å². The Morgan fingerprint density at radius 2 is 1.83 bits per heavy atom. The quantitative estimate of drug-likeness (QED) is 0.771. The van der Waals surface area contributed by atoms with Crippen molar-refractivity contribution in [2.75, 3.05) is 37.6 Å². The van der Waals surface area contributed by atoms with Crippen molar-refractivity contribution in [3.05, 3.63) is 54.6 Å². The van der Waals surface area contributed by atoms with Gasteiger partial charge in [-0.05, 0) is 5.56 Å². The van der Waals surface area contributed by atoms with Gasteiger partial charge in [0.1, 0.15) is 6.33 Å². The summed E-state index contributed by atoms with van der Waals surface area (Å²) in [5.74, 6) is 0.966. The second kappa shape index (κ2) is 6.54. The van der Waals surface area contributed by atoms with E-state index in [1.54, 1.807) is 12.5 Å². The maximum absolute atomic E-state index is 10.4. The Kier molecular flexibility index (Phi) is 4.10. The summed E-state index contributed by atoms with van der Waals surface area (Å²) in [6, 6.07) is 9.83. The van der Waals surface area contributed by atoms with Crippen LogP contribution in [0.25, 0.3) is 5.65 Å². The van der Waals surface area contributed by atoms with E-state index in [0.29, 0.717) is 6.54 Å². The van der Waals surface area contributed by atoms with Gasteiger partial charge in [0.05, 0.1) is 18.5 Å². The molecule has 0 saturated carbocycles. The lowest BCUT2D eigenvalue weighted by Gasteiger charge is -2.36. The molecule has 0 aliphatic carbocycles. The van der Waals surface area contributed by atoms with E-state index < -0.39 is 6.10 Å². The van der Waals surface area contributed by atoms with Gasteiger partial charge in [0, 0.05) is 32.7 Å². The lowest BCUT2D eigenvalue weighted by molar-refractivity contribution is 0.109. The molecule has 7 heteroatoms. The number of aromatic nitrogens is 4. The molecule has 124 valence electrons. The predicted octanol–water partition coefficient (Wildman–Crippen LogP) is 0.980. The van der Waals surface area contributed by atoms with Gasteiger partial charge < -0.3 is 10.0 Å². The fraction of sp³-hybridized carbons (Fsp3) is 0.353. The SMILES string of the molecule is O[C@@H](CN1CCN(c2cncc3ncnn23)CC1)c1ccccc1. The van der Waals surface area contributed by atoms with Crippen LogP contribution in [0.5, 0.6) is 0 Å². The monoisotopic (exact) mass is 324 g/mol. The maximum atomic E-state index is 10.4. The van der Waals surface area contributed by atoms with Crippen LogP contribution in [0.1, 0.15) is 11.7 Å². The van der Waals surface area contributed by atoms with Crippen molar-refractivity contribution in [2.45, 2.75) is 6.10 Å². The Bertz CT molecular complexity index is 797. The zero-order valence-electron chi connectivity index (χ0n) is 13.4. The van der Waals surface area contributed by atoms with E-state index in [9.17, 15) is 5.11 Å². The largest absolute Gasteiger partial charge is 0.387 e. The lowest BCUT2D eigenvalue weighted by Crippen LogP contribution is -2.48. The standard InChI is InChI=1S/C17H20N6O/c24-15(14-4-2-1-3-5-14)12-21-6-8-22(9-7-21)17-11-18-10-16-19-13-20-23(16)17/h1-5,10-11,13,15,24H,6-9,12H2/t15-/m0/s1. The minimum Gasteiger partial charge on any atom is -0.387 e. The number of hydrogen-bond donors (Lipinski definition) is 1. The van der Waals surface area contributed by atoms with Gasteiger partial charge in [0.15, 0.2) is 11.5 Å². The first kappa shape index (κ1) is 15.0. The van der Waals surface area contributed by atoms with E-state index in [1.165, 1.54) is 0 Å². The average Bonchev–Trinajstić information content (AvgIpc) is 3.12. The van der Waals surface area contributed by atoms with Crippen molar-refractivity contribution >= 4 is 11.5 Å². The van der Waals surface area contributed by atoms with Crippen molar-refractivity contribution in [2.24, 2.45) is 0 Å². The summed E-state index contributed by atoms with van der Waals surface area (Å²) >= 11 is 0. The number of piperazine rings is 1. The Hall–Kier alpha value is -2.51. The van der Waals surface area contributed by atoms with Crippen LogP contribution in [0, 0.1) is 0 Å². The van der Waals surface area contributed by atoms with Crippen LogP contribution < -0.4 is 4.90 Å². The van der Waals surface area contributed by atoms with Gasteiger partial charge in [-0.25, -0.2) is 4.98 Å². The molecule has 1 aliphatic heterocycles. The second-order valence-electron chi connectivity index (χ2n) is 6.01. The highest BCUT2D eigenvalue weighted by atomic mass is 16.3. The van der Waals surface area contributed by atoms with Gasteiger partial charge in [-0.3, -0.25) is 9.88 Å². The molecule has 1 aromatic carbocycles. The highest BCUT2D eigenvalue weighted by molar-refractivity contribution is 5.46. The third kappa shape index (κ3) is 2.95. The molecular weight excluding hydrogens is 304 g/mol. The Morgan fingerprint density at radius 1 is 1.04 bits per heavy atom. The number of rotatable bonds is 4. The maximum Gasteiger partial charge on any atom is 0.175 e. The van der Waals surface area contributed by atoms with Gasteiger partial charge in [0.2, 0.25) is 0 Å². The molecule has 0 bridgehead atoms. The predicted molar refractivity (Wildman–Crippen MR) is 90.8 cm³/mol. The average molecular weight is 324 g/mol. The summed E-state index contributed by atoms with van der Waals surface area (Å²) in [4.78, 5) is 13.0. The van der Waals surface area contributed by atoms with Gasteiger partial charge in [0.25, 0.3) is 0 Å². The Balaban J connectivity index is 1.39. The minimum absolute atomic E-state index is 0.446. The zero-order chi connectivity index (χ0) is 16.4. The fourth-order valence-electron chi connectivity index (χ4n) is 3.14. The van der Waals surface area contributed by atoms with Crippen molar-refractivity contribution < 1.29 is 5.11 Å². The first-order chi connectivity index (χ1) is 11.8. The molecule has 7 nitrogen and oxygen atoms in total. The third-order valence-electron chi connectivity index (χ3n) is 4.48. The molecule has 1 saturated heterocycles. The molecule has 4 rings (SSSR count). The summed E-state index contributed by atoms with van der Waals surface area (Å²) in [5, 5.41) is 14.7. The summed E-state index contributed by atoms with van der Waals surface area (Å²) in [5.41, 5.74) is 1.73. The van der Waals surface area contributed by atoms with Gasteiger partial charge in [-0.1, -0.05) is 30.3 Å². The molecular formula is C17H20N6O. The molecule has 0 spiro atoms. The number of hydrogen-bond acceptors (Lipinski definition) is 6. The first-order valence-electron chi connectivity index (χ1n) is 8.15. The molecule has 3 aromatic rings. The molecule has 0 amide bonds. The number of β-amino-alcohol motifs (C(OH)–C–C–N with tert-alkyl or cyclic N) is 1. The van der Waals surface area contributed by atoms with Crippen molar-refractivity contribution in [1.82, 2.24) is 24.5 Å². The number of nitrogens with zero attached hydrogens (tertiary/aromatic N) is 6. The number of benzene rings is 1. The number of aliphatic hydroxyl groups excluding tert-OH is 1. The zero-order valence-corrected chi connectivity index (χ0v) is 13.4. The highest BCUT2D eigenvalue weighted by Crippen LogP contribution is 2.18. The van der Waals surface area contributed by atoms with E-state index in [4.69, 9.17) is 0 Å². The van der Waals surface area contributed by atoms with Crippen LogP contribution in [0.15, 0.2) is 49.1 Å². The Labute approximate surface area is 140 Å². The smallest absolute Gasteiger partial charge is 0.175 e. The molecule has 1 atom stereocenters. The molecule has 0 radical (unpaired) electrons. The van der Waals surface area contributed by atoms with E-state index >= 15 is 0 Å². The van der Waals surface area contributed by atoms with Crippen molar-refractivity contribution in [1.29, 1.82) is 0 Å². The number of anilines is 1. The fourth-order valence-corrected chi connectivity index (χ4v) is 3.14. The Morgan fingerprint density at radius 3 is 2.62 bits per heavy atom. The summed E-state index contributed by atoms with van der Waals surface area (Å²) in [7, 11) is 0. The third-order valence-corrected chi connectivity index (χ3v) is 4.48.